The van der Waals surface area contributed by atoms with Crippen LogP contribution in [0.5, 0.6) is 11.5 Å². The van der Waals surface area contributed by atoms with Crippen molar-refractivity contribution in [1.29, 1.82) is 0 Å². The monoisotopic (exact) mass is 521 g/mol. The van der Waals surface area contributed by atoms with E-state index in [4.69, 9.17) is 21.1 Å². The summed E-state index contributed by atoms with van der Waals surface area (Å²) in [6.45, 7) is 1.81. The second-order valence-electron chi connectivity index (χ2n) is 7.69. The number of hydrogen-bond acceptors (Lipinski definition) is 5. The lowest BCUT2D eigenvalue weighted by Gasteiger charge is -2.23. The Bertz CT molecular complexity index is 1420. The van der Waals surface area contributed by atoms with Crippen LogP contribution in [0.25, 0.3) is 11.1 Å². The molecule has 4 aromatic carbocycles. The van der Waals surface area contributed by atoms with Crippen LogP contribution in [-0.2, 0) is 14.8 Å². The lowest BCUT2D eigenvalue weighted by atomic mass is 10.1. The van der Waals surface area contributed by atoms with Gasteiger partial charge in [0.25, 0.3) is 15.9 Å². The summed E-state index contributed by atoms with van der Waals surface area (Å²) in [6, 6.07) is 28.8. The Hall–Kier alpha value is -3.81. The molecule has 4 aromatic rings. The van der Waals surface area contributed by atoms with Gasteiger partial charge in [0.05, 0.1) is 17.2 Å². The van der Waals surface area contributed by atoms with Gasteiger partial charge in [0.1, 0.15) is 11.5 Å². The van der Waals surface area contributed by atoms with Crippen molar-refractivity contribution in [3.8, 4) is 22.6 Å². The van der Waals surface area contributed by atoms with Gasteiger partial charge in [0.2, 0.25) is 0 Å². The van der Waals surface area contributed by atoms with E-state index in [0.29, 0.717) is 23.1 Å². The van der Waals surface area contributed by atoms with Crippen LogP contribution in [0.4, 0.5) is 5.69 Å². The minimum atomic E-state index is -4.26. The van der Waals surface area contributed by atoms with Crippen LogP contribution in [0.2, 0.25) is 5.02 Å². The van der Waals surface area contributed by atoms with Crippen molar-refractivity contribution in [3.05, 3.63) is 108 Å². The highest BCUT2D eigenvalue weighted by Crippen LogP contribution is 2.31. The molecule has 0 N–H and O–H groups in total. The summed E-state index contributed by atoms with van der Waals surface area (Å²) in [4.78, 5) is 13.4. The molecular weight excluding hydrogens is 498 g/mol. The van der Waals surface area contributed by atoms with Crippen molar-refractivity contribution in [2.45, 2.75) is 11.8 Å². The molecule has 0 unspecified atom stereocenters. The number of benzene rings is 4. The summed E-state index contributed by atoms with van der Waals surface area (Å²) in [5.41, 5.74) is 1.87. The largest absolute Gasteiger partial charge is 0.494 e. The molecule has 0 bridgehead atoms. The third-order valence-electron chi connectivity index (χ3n) is 5.28. The van der Waals surface area contributed by atoms with Crippen LogP contribution in [0.3, 0.4) is 0 Å². The summed E-state index contributed by atoms with van der Waals surface area (Å²) >= 11 is 5.94. The topological polar surface area (TPSA) is 72.9 Å². The van der Waals surface area contributed by atoms with Crippen molar-refractivity contribution < 1.29 is 22.7 Å². The number of sulfonamides is 1. The van der Waals surface area contributed by atoms with E-state index < -0.39 is 22.5 Å². The maximum Gasteiger partial charge on any atom is 0.278 e. The zero-order chi connectivity index (χ0) is 25.5. The number of anilines is 1. The lowest BCUT2D eigenvalue weighted by molar-refractivity contribution is -0.119. The van der Waals surface area contributed by atoms with E-state index in [0.717, 1.165) is 15.4 Å². The average Bonchev–Trinajstić information content (AvgIpc) is 2.89. The molecular formula is C28H24ClNO5S. The van der Waals surface area contributed by atoms with Gasteiger partial charge in [-0.2, -0.15) is 4.31 Å². The van der Waals surface area contributed by atoms with Crippen molar-refractivity contribution >= 4 is 33.2 Å². The van der Waals surface area contributed by atoms with E-state index >= 15 is 0 Å². The van der Waals surface area contributed by atoms with E-state index in [9.17, 15) is 13.2 Å². The van der Waals surface area contributed by atoms with Crippen molar-refractivity contribution in [2.24, 2.45) is 0 Å². The normalized spacial score (nSPS) is 11.1. The number of rotatable bonds is 9. The fourth-order valence-corrected chi connectivity index (χ4v) is 5.16. The van der Waals surface area contributed by atoms with Gasteiger partial charge < -0.3 is 9.47 Å². The fourth-order valence-electron chi connectivity index (χ4n) is 3.62. The molecule has 36 heavy (non-hydrogen) atoms. The van der Waals surface area contributed by atoms with E-state index in [1.54, 1.807) is 24.3 Å². The summed E-state index contributed by atoms with van der Waals surface area (Å²) < 4.78 is 39.2. The third-order valence-corrected chi connectivity index (χ3v) is 7.30. The Kier molecular flexibility index (Phi) is 7.93. The van der Waals surface area contributed by atoms with Gasteiger partial charge in [0.15, 0.2) is 6.61 Å². The molecule has 0 heterocycles. The molecule has 0 saturated heterocycles. The number of nitrogens with zero attached hydrogens (tertiary/aromatic N) is 1. The molecule has 1 amide bonds. The first kappa shape index (κ1) is 25.3. The first-order chi connectivity index (χ1) is 17.4. The molecule has 0 aliphatic rings. The number of carbonyl (C=O) groups is 1. The molecule has 184 valence electrons. The Morgan fingerprint density at radius 2 is 1.44 bits per heavy atom. The molecule has 0 aromatic heterocycles. The molecule has 6 nitrogen and oxygen atoms in total. The Morgan fingerprint density at radius 1 is 0.806 bits per heavy atom. The number of carbonyl (C=O) groups excluding carboxylic acids is 1. The maximum atomic E-state index is 13.6. The molecule has 0 atom stereocenters. The van der Waals surface area contributed by atoms with Gasteiger partial charge >= 0.3 is 0 Å². The molecule has 0 radical (unpaired) electrons. The standard InChI is InChI=1S/C28H24ClNO5S/c1-2-34-24-16-14-23(15-17-24)30(36(32,33)25-18-12-22(29)13-19-25)28(31)20-35-27-11-7-6-10-26(27)21-8-4-3-5-9-21/h3-19H,2,20H2,1H3. The van der Waals surface area contributed by atoms with Crippen molar-refractivity contribution in [1.82, 2.24) is 0 Å². The second kappa shape index (κ2) is 11.3. The first-order valence-electron chi connectivity index (χ1n) is 11.2. The molecule has 4 rings (SSSR count). The van der Waals surface area contributed by atoms with Crippen LogP contribution in [-0.4, -0.2) is 27.5 Å². The average molecular weight is 522 g/mol. The summed E-state index contributed by atoms with van der Waals surface area (Å²) in [6.07, 6.45) is 0. The highest BCUT2D eigenvalue weighted by Gasteiger charge is 2.31. The van der Waals surface area contributed by atoms with Gasteiger partial charge in [-0.05, 0) is 67.1 Å². The summed E-state index contributed by atoms with van der Waals surface area (Å²) in [7, 11) is -4.26. The summed E-state index contributed by atoms with van der Waals surface area (Å²) in [5, 5.41) is 0.383. The molecule has 0 spiro atoms. The number of amides is 1. The number of ether oxygens (including phenoxy) is 2. The zero-order valence-corrected chi connectivity index (χ0v) is 21.1. The highest BCUT2D eigenvalue weighted by molar-refractivity contribution is 7.93. The van der Waals surface area contributed by atoms with E-state index in [-0.39, 0.29) is 10.6 Å². The second-order valence-corrected chi connectivity index (χ2v) is 9.92. The van der Waals surface area contributed by atoms with Crippen molar-refractivity contribution in [2.75, 3.05) is 17.5 Å². The number of para-hydroxylation sites is 1. The van der Waals surface area contributed by atoms with Crippen LogP contribution < -0.4 is 13.8 Å². The van der Waals surface area contributed by atoms with Gasteiger partial charge in [-0.15, -0.1) is 0 Å². The maximum absolute atomic E-state index is 13.6. The third kappa shape index (κ3) is 5.70. The quantitative estimate of drug-likeness (QED) is 0.262. The molecule has 0 aliphatic heterocycles. The molecule has 0 aliphatic carbocycles. The van der Waals surface area contributed by atoms with Crippen molar-refractivity contribution in [3.63, 3.8) is 0 Å². The first-order valence-corrected chi connectivity index (χ1v) is 13.1. The van der Waals surface area contributed by atoms with Gasteiger partial charge in [0, 0.05) is 10.6 Å². The number of halogens is 1. The summed E-state index contributed by atoms with van der Waals surface area (Å²) in [5.74, 6) is 0.273. The predicted molar refractivity (Wildman–Crippen MR) is 141 cm³/mol. The van der Waals surface area contributed by atoms with E-state index in [1.807, 2.05) is 49.4 Å². The number of hydrogen-bond donors (Lipinski definition) is 0. The highest BCUT2D eigenvalue weighted by atomic mass is 35.5. The fraction of sp³-hybridized carbons (Fsp3) is 0.107. The Morgan fingerprint density at radius 3 is 2.11 bits per heavy atom. The van der Waals surface area contributed by atoms with Gasteiger partial charge in [-0.3, -0.25) is 4.79 Å². The Balaban J connectivity index is 1.66. The predicted octanol–water partition coefficient (Wildman–Crippen LogP) is 6.21. The van der Waals surface area contributed by atoms with Gasteiger partial charge in [-0.25, -0.2) is 8.42 Å². The Labute approximate surface area is 215 Å². The lowest BCUT2D eigenvalue weighted by Crippen LogP contribution is -2.40. The molecule has 0 saturated carbocycles. The van der Waals surface area contributed by atoms with Crippen LogP contribution in [0, 0.1) is 0 Å². The van der Waals surface area contributed by atoms with Crippen LogP contribution in [0.1, 0.15) is 6.92 Å². The zero-order valence-electron chi connectivity index (χ0n) is 19.5. The SMILES string of the molecule is CCOc1ccc(N(C(=O)COc2ccccc2-c2ccccc2)S(=O)(=O)c2ccc(Cl)cc2)cc1. The van der Waals surface area contributed by atoms with E-state index in [2.05, 4.69) is 0 Å². The molecule has 8 heteroatoms. The minimum Gasteiger partial charge on any atom is -0.494 e. The smallest absolute Gasteiger partial charge is 0.278 e. The molecule has 0 fully saturated rings. The van der Waals surface area contributed by atoms with Crippen LogP contribution in [0.15, 0.2) is 108 Å². The van der Waals surface area contributed by atoms with E-state index in [1.165, 1.54) is 36.4 Å². The van der Waals surface area contributed by atoms with Crippen LogP contribution >= 0.6 is 11.6 Å². The van der Waals surface area contributed by atoms with Gasteiger partial charge in [-0.1, -0.05) is 60.1 Å². The minimum absolute atomic E-state index is 0.0705.